The summed E-state index contributed by atoms with van der Waals surface area (Å²) in [6, 6.07) is 2.18. The number of rotatable bonds is 4. The van der Waals surface area contributed by atoms with Crippen molar-refractivity contribution in [1.82, 2.24) is 19.9 Å². The van der Waals surface area contributed by atoms with Crippen LogP contribution in [0.3, 0.4) is 0 Å². The molecule has 2 fully saturated rings. The summed E-state index contributed by atoms with van der Waals surface area (Å²) < 4.78 is 5.54. The van der Waals surface area contributed by atoms with E-state index in [9.17, 15) is 4.79 Å². The van der Waals surface area contributed by atoms with E-state index in [4.69, 9.17) is 4.52 Å². The molecule has 0 bridgehead atoms. The van der Waals surface area contributed by atoms with Crippen LogP contribution in [-0.4, -0.2) is 52.0 Å². The van der Waals surface area contributed by atoms with E-state index in [-0.39, 0.29) is 5.91 Å². The van der Waals surface area contributed by atoms with Gasteiger partial charge in [-0.25, -0.2) is 0 Å². The monoisotopic (exact) mass is 360 g/mol. The van der Waals surface area contributed by atoms with Crippen molar-refractivity contribution in [2.24, 2.45) is 0 Å². The molecule has 2 aromatic heterocycles. The first-order valence-corrected chi connectivity index (χ1v) is 9.82. The molecule has 0 N–H and O–H groups in total. The van der Waals surface area contributed by atoms with Gasteiger partial charge in [-0.3, -0.25) is 9.69 Å². The number of likely N-dealkylation sites (tertiary alicyclic amines) is 2. The number of carbonyl (C=O) groups is 1. The molecule has 25 heavy (non-hydrogen) atoms. The van der Waals surface area contributed by atoms with Crippen LogP contribution in [0.5, 0.6) is 0 Å². The topological polar surface area (TPSA) is 62.5 Å². The van der Waals surface area contributed by atoms with Gasteiger partial charge in [0.1, 0.15) is 0 Å². The Hall–Kier alpha value is -1.73. The lowest BCUT2D eigenvalue weighted by Crippen LogP contribution is -2.44. The lowest BCUT2D eigenvalue weighted by atomic mass is 9.96. The molecule has 6 nitrogen and oxygen atoms in total. The van der Waals surface area contributed by atoms with Crippen LogP contribution in [0.2, 0.25) is 0 Å². The number of thiophene rings is 1. The molecular formula is C18H24N4O2S. The summed E-state index contributed by atoms with van der Waals surface area (Å²) in [6.07, 6.45) is 1.85. The first kappa shape index (κ1) is 16.7. The molecule has 0 aromatic carbocycles. The van der Waals surface area contributed by atoms with E-state index in [0.29, 0.717) is 11.8 Å². The number of carbonyl (C=O) groups excluding carboxylic acids is 1. The maximum absolute atomic E-state index is 11.4. The number of amides is 1. The molecule has 7 heteroatoms. The minimum absolute atomic E-state index is 0.155. The minimum Gasteiger partial charge on any atom is -0.343 e. The first-order chi connectivity index (χ1) is 12.1. The van der Waals surface area contributed by atoms with Gasteiger partial charge in [-0.1, -0.05) is 5.16 Å². The second kappa shape index (κ2) is 6.88. The largest absolute Gasteiger partial charge is 0.343 e. The van der Waals surface area contributed by atoms with Gasteiger partial charge >= 0.3 is 0 Å². The number of piperidine rings is 1. The summed E-state index contributed by atoms with van der Waals surface area (Å²) in [5, 5.41) is 6.38. The van der Waals surface area contributed by atoms with Gasteiger partial charge in [-0.2, -0.15) is 4.98 Å². The summed E-state index contributed by atoms with van der Waals surface area (Å²) >= 11 is 1.83. The summed E-state index contributed by atoms with van der Waals surface area (Å²) in [4.78, 5) is 21.9. The van der Waals surface area contributed by atoms with E-state index in [1.54, 1.807) is 6.92 Å². The van der Waals surface area contributed by atoms with Crippen LogP contribution >= 0.6 is 11.3 Å². The fourth-order valence-electron chi connectivity index (χ4n) is 3.66. The molecule has 2 saturated heterocycles. The maximum atomic E-state index is 11.4. The Labute approximate surface area is 151 Å². The number of nitrogens with zero attached hydrogens (tertiary/aromatic N) is 4. The highest BCUT2D eigenvalue weighted by molar-refractivity contribution is 7.10. The van der Waals surface area contributed by atoms with Gasteiger partial charge in [-0.15, -0.1) is 11.3 Å². The van der Waals surface area contributed by atoms with Crippen molar-refractivity contribution >= 4 is 17.2 Å². The van der Waals surface area contributed by atoms with Crippen molar-refractivity contribution in [1.29, 1.82) is 0 Å². The van der Waals surface area contributed by atoms with Crippen LogP contribution in [0.1, 0.15) is 53.8 Å². The molecule has 2 aromatic rings. The number of aromatic nitrogens is 2. The molecule has 0 unspecified atom stereocenters. The van der Waals surface area contributed by atoms with Crippen molar-refractivity contribution < 1.29 is 9.32 Å². The Morgan fingerprint density at radius 1 is 1.32 bits per heavy atom. The second-order valence-electron chi connectivity index (χ2n) is 7.19. The standard InChI is InChI=1S/C18H24N4O2S/c1-12-5-8-25-16(12)11-21-9-15(10-21)18-19-17(20-24-18)14-3-6-22(7-4-14)13(2)23/h5,8,14-15H,3-4,6-7,9-11H2,1-2H3. The van der Waals surface area contributed by atoms with E-state index in [1.165, 1.54) is 10.4 Å². The number of hydrogen-bond donors (Lipinski definition) is 0. The normalized spacial score (nSPS) is 20.0. The fourth-order valence-corrected chi connectivity index (χ4v) is 4.60. The smallest absolute Gasteiger partial charge is 0.232 e. The van der Waals surface area contributed by atoms with Gasteiger partial charge in [0, 0.05) is 50.4 Å². The van der Waals surface area contributed by atoms with E-state index < -0.39 is 0 Å². The Balaban J connectivity index is 1.30. The quantitative estimate of drug-likeness (QED) is 0.839. The SMILES string of the molecule is CC(=O)N1CCC(c2noc(C3CN(Cc4sccc4C)C3)n2)CC1. The van der Waals surface area contributed by atoms with Crippen LogP contribution in [0.4, 0.5) is 0 Å². The molecule has 4 rings (SSSR count). The molecular weight excluding hydrogens is 336 g/mol. The molecule has 0 atom stereocenters. The van der Waals surface area contributed by atoms with Crippen molar-refractivity contribution in [2.75, 3.05) is 26.2 Å². The second-order valence-corrected chi connectivity index (χ2v) is 8.19. The van der Waals surface area contributed by atoms with E-state index >= 15 is 0 Å². The highest BCUT2D eigenvalue weighted by Crippen LogP contribution is 2.31. The summed E-state index contributed by atoms with van der Waals surface area (Å²) in [5.74, 6) is 2.44. The van der Waals surface area contributed by atoms with Crippen molar-refractivity contribution in [3.63, 3.8) is 0 Å². The van der Waals surface area contributed by atoms with Gasteiger partial charge in [0.05, 0.1) is 5.92 Å². The van der Waals surface area contributed by atoms with Crippen molar-refractivity contribution in [2.45, 2.75) is 45.1 Å². The molecule has 0 spiro atoms. The van der Waals surface area contributed by atoms with Crippen LogP contribution < -0.4 is 0 Å². The summed E-state index contributed by atoms with van der Waals surface area (Å²) in [7, 11) is 0. The van der Waals surface area contributed by atoms with Crippen molar-refractivity contribution in [3.05, 3.63) is 33.6 Å². The average molecular weight is 360 g/mol. The third kappa shape index (κ3) is 3.48. The summed E-state index contributed by atoms with van der Waals surface area (Å²) in [6.45, 7) is 8.38. The molecule has 134 valence electrons. The zero-order valence-electron chi connectivity index (χ0n) is 14.8. The zero-order chi connectivity index (χ0) is 17.4. The Morgan fingerprint density at radius 3 is 2.72 bits per heavy atom. The molecule has 2 aliphatic heterocycles. The van der Waals surface area contributed by atoms with Gasteiger partial charge in [-0.05, 0) is 36.8 Å². The average Bonchev–Trinajstić information content (AvgIpc) is 3.20. The van der Waals surface area contributed by atoms with Crippen LogP contribution in [0.15, 0.2) is 16.0 Å². The highest BCUT2D eigenvalue weighted by Gasteiger charge is 2.34. The first-order valence-electron chi connectivity index (χ1n) is 8.94. The molecule has 0 saturated carbocycles. The third-order valence-electron chi connectivity index (χ3n) is 5.40. The maximum Gasteiger partial charge on any atom is 0.232 e. The van der Waals surface area contributed by atoms with Gasteiger partial charge in [0.15, 0.2) is 5.82 Å². The fraction of sp³-hybridized carbons (Fsp3) is 0.611. The molecule has 2 aliphatic rings. The Bertz CT molecular complexity index is 742. The Kier molecular flexibility index (Phi) is 4.60. The molecule has 0 aliphatic carbocycles. The predicted molar refractivity (Wildman–Crippen MR) is 95.6 cm³/mol. The summed E-state index contributed by atoms with van der Waals surface area (Å²) in [5.41, 5.74) is 1.38. The minimum atomic E-state index is 0.155. The van der Waals surface area contributed by atoms with E-state index in [1.807, 2.05) is 16.2 Å². The molecule has 4 heterocycles. The van der Waals surface area contributed by atoms with E-state index in [2.05, 4.69) is 33.4 Å². The highest BCUT2D eigenvalue weighted by atomic mass is 32.1. The predicted octanol–water partition coefficient (Wildman–Crippen LogP) is 2.76. The van der Waals surface area contributed by atoms with E-state index in [0.717, 1.165) is 57.3 Å². The number of hydrogen-bond acceptors (Lipinski definition) is 6. The molecule has 1 amide bonds. The lowest BCUT2D eigenvalue weighted by molar-refractivity contribution is -0.129. The molecule has 0 radical (unpaired) electrons. The van der Waals surface area contributed by atoms with Gasteiger partial charge in [0.2, 0.25) is 11.8 Å². The van der Waals surface area contributed by atoms with Gasteiger partial charge < -0.3 is 9.42 Å². The van der Waals surface area contributed by atoms with Crippen molar-refractivity contribution in [3.8, 4) is 0 Å². The Morgan fingerprint density at radius 2 is 2.08 bits per heavy atom. The lowest BCUT2D eigenvalue weighted by Gasteiger charge is -2.36. The zero-order valence-corrected chi connectivity index (χ0v) is 15.6. The van der Waals surface area contributed by atoms with Crippen LogP contribution in [0, 0.1) is 6.92 Å². The van der Waals surface area contributed by atoms with Crippen LogP contribution in [0.25, 0.3) is 0 Å². The number of aryl methyl sites for hydroxylation is 1. The van der Waals surface area contributed by atoms with Gasteiger partial charge in [0.25, 0.3) is 0 Å². The van der Waals surface area contributed by atoms with Crippen LogP contribution in [-0.2, 0) is 11.3 Å². The third-order valence-corrected chi connectivity index (χ3v) is 6.41.